The smallest absolute Gasteiger partial charge is 0.407 e. The number of terminal acetylenes is 1. The molecule has 4 rings (SSSR count). The van der Waals surface area contributed by atoms with Gasteiger partial charge >= 0.3 is 6.09 Å². The van der Waals surface area contributed by atoms with Crippen molar-refractivity contribution in [3.63, 3.8) is 0 Å². The molecule has 1 amide bonds. The van der Waals surface area contributed by atoms with Crippen LogP contribution in [0.5, 0.6) is 0 Å². The zero-order chi connectivity index (χ0) is 20.2. The highest BCUT2D eigenvalue weighted by Crippen LogP contribution is 2.33. The number of rotatable bonds is 3. The van der Waals surface area contributed by atoms with Crippen molar-refractivity contribution >= 4 is 6.09 Å². The molecule has 0 saturated carbocycles. The number of imidazole rings is 1. The van der Waals surface area contributed by atoms with E-state index in [1.807, 2.05) is 42.5 Å². The molecule has 1 aliphatic rings. The number of H-pyrrole nitrogens is 1. The number of hydrogen-bond donors (Lipinski definition) is 2. The Balaban J connectivity index is 1.72. The van der Waals surface area contributed by atoms with Crippen molar-refractivity contribution in [3.8, 4) is 46.6 Å². The number of nitrogens with zero attached hydrogens (tertiary/aromatic N) is 2. The third kappa shape index (κ3) is 3.72. The quantitative estimate of drug-likeness (QED) is 0.654. The van der Waals surface area contributed by atoms with Crippen LogP contribution in [0.2, 0.25) is 0 Å². The number of likely N-dealkylation sites (tertiary alicyclic amines) is 1. The second-order valence-electron chi connectivity index (χ2n) is 6.84. The minimum absolute atomic E-state index is 0.226. The van der Waals surface area contributed by atoms with E-state index in [4.69, 9.17) is 6.42 Å². The maximum atomic E-state index is 11.4. The topological polar surface area (TPSA) is 69.2 Å². The number of aromatic amines is 1. The van der Waals surface area contributed by atoms with Gasteiger partial charge in [-0.3, -0.25) is 4.90 Å². The predicted octanol–water partition coefficient (Wildman–Crippen LogP) is 4.54. The Morgan fingerprint density at radius 2 is 2.03 bits per heavy atom. The number of aromatic nitrogens is 2. The van der Waals surface area contributed by atoms with Gasteiger partial charge < -0.3 is 10.1 Å². The first-order valence-electron chi connectivity index (χ1n) is 9.38. The molecule has 1 atom stereocenters. The summed E-state index contributed by atoms with van der Waals surface area (Å²) in [5.41, 5.74) is 4.67. The monoisotopic (exact) mass is 381 g/mol. The van der Waals surface area contributed by atoms with Crippen LogP contribution in [0.3, 0.4) is 0 Å². The average Bonchev–Trinajstić information content (AvgIpc) is 3.42. The van der Waals surface area contributed by atoms with Gasteiger partial charge in [0.05, 0.1) is 17.9 Å². The lowest BCUT2D eigenvalue weighted by atomic mass is 9.96. The van der Waals surface area contributed by atoms with Crippen LogP contribution in [0.25, 0.3) is 22.4 Å². The maximum Gasteiger partial charge on any atom is 0.407 e. The molecule has 3 aromatic rings. The van der Waals surface area contributed by atoms with Crippen LogP contribution < -0.4 is 0 Å². The fraction of sp³-hybridized carbons (Fsp3) is 0.167. The lowest BCUT2D eigenvalue weighted by molar-refractivity contribution is 0.139. The molecule has 1 aromatic heterocycles. The molecule has 0 radical (unpaired) electrons. The first-order chi connectivity index (χ1) is 14.2. The lowest BCUT2D eigenvalue weighted by Gasteiger charge is -2.19. The molecule has 142 valence electrons. The van der Waals surface area contributed by atoms with Crippen molar-refractivity contribution < 1.29 is 9.90 Å². The van der Waals surface area contributed by atoms with Gasteiger partial charge in [-0.05, 0) is 47.9 Å². The molecule has 0 bridgehead atoms. The summed E-state index contributed by atoms with van der Waals surface area (Å²) >= 11 is 0. The summed E-state index contributed by atoms with van der Waals surface area (Å²) in [6, 6.07) is 15.7. The fourth-order valence-corrected chi connectivity index (χ4v) is 3.71. The number of carboxylic acid groups (broad SMARTS) is 1. The molecule has 5 nitrogen and oxygen atoms in total. The Morgan fingerprint density at radius 1 is 1.21 bits per heavy atom. The standard InChI is InChI=1S/C24H19N3O2/c1-2-3-8-18-12-13-19(15-20(18)17-9-5-4-6-10-17)21-16-25-23(26-21)22-11-7-14-27(22)24(28)29/h1,4-6,9-10,12-13,15-16,22H,7,11,14H2,(H,25,26)(H,28,29). The zero-order valence-electron chi connectivity index (χ0n) is 15.7. The molecule has 2 N–H and O–H groups in total. The van der Waals surface area contributed by atoms with Crippen molar-refractivity contribution in [2.45, 2.75) is 18.9 Å². The average molecular weight is 381 g/mol. The molecule has 0 aliphatic carbocycles. The first-order valence-corrected chi connectivity index (χ1v) is 9.38. The Kier molecular flexibility index (Phi) is 5.05. The first kappa shape index (κ1) is 18.4. The number of hydrogen-bond acceptors (Lipinski definition) is 2. The highest BCUT2D eigenvalue weighted by molar-refractivity contribution is 5.77. The summed E-state index contributed by atoms with van der Waals surface area (Å²) in [6.07, 6.45) is 7.76. The largest absolute Gasteiger partial charge is 0.465 e. The van der Waals surface area contributed by atoms with Crippen LogP contribution >= 0.6 is 0 Å². The van der Waals surface area contributed by atoms with E-state index in [1.54, 1.807) is 6.20 Å². The van der Waals surface area contributed by atoms with E-state index in [0.29, 0.717) is 12.4 Å². The Labute approximate surface area is 169 Å². The van der Waals surface area contributed by atoms with E-state index < -0.39 is 6.09 Å². The van der Waals surface area contributed by atoms with Gasteiger partial charge in [-0.25, -0.2) is 9.78 Å². The summed E-state index contributed by atoms with van der Waals surface area (Å²) < 4.78 is 0. The Morgan fingerprint density at radius 3 is 2.79 bits per heavy atom. The van der Waals surface area contributed by atoms with Crippen LogP contribution in [0.4, 0.5) is 4.79 Å². The van der Waals surface area contributed by atoms with Crippen LogP contribution in [-0.4, -0.2) is 32.6 Å². The van der Waals surface area contributed by atoms with Crippen molar-refractivity contribution in [2.24, 2.45) is 0 Å². The molecule has 1 saturated heterocycles. The summed E-state index contributed by atoms with van der Waals surface area (Å²) in [7, 11) is 0. The zero-order valence-corrected chi connectivity index (χ0v) is 15.7. The Hall–Kier alpha value is -3.96. The van der Waals surface area contributed by atoms with E-state index in [0.717, 1.165) is 40.8 Å². The van der Waals surface area contributed by atoms with E-state index >= 15 is 0 Å². The van der Waals surface area contributed by atoms with Crippen LogP contribution in [0.15, 0.2) is 54.7 Å². The molecular formula is C24H19N3O2. The summed E-state index contributed by atoms with van der Waals surface area (Å²) in [5.74, 6) is 8.75. The van der Waals surface area contributed by atoms with E-state index in [2.05, 4.69) is 33.8 Å². The molecule has 1 aliphatic heterocycles. The number of nitrogens with one attached hydrogen (secondary N) is 1. The van der Waals surface area contributed by atoms with Crippen molar-refractivity contribution in [1.29, 1.82) is 0 Å². The van der Waals surface area contributed by atoms with Crippen molar-refractivity contribution in [1.82, 2.24) is 14.9 Å². The molecule has 2 aromatic carbocycles. The summed E-state index contributed by atoms with van der Waals surface area (Å²) in [4.78, 5) is 20.7. The van der Waals surface area contributed by atoms with Gasteiger partial charge in [-0.15, -0.1) is 6.42 Å². The van der Waals surface area contributed by atoms with E-state index in [-0.39, 0.29) is 6.04 Å². The number of benzene rings is 2. The van der Waals surface area contributed by atoms with Gasteiger partial charge in [0.25, 0.3) is 0 Å². The third-order valence-electron chi connectivity index (χ3n) is 5.09. The highest BCUT2D eigenvalue weighted by atomic mass is 16.4. The van der Waals surface area contributed by atoms with Crippen LogP contribution in [-0.2, 0) is 0 Å². The lowest BCUT2D eigenvalue weighted by Crippen LogP contribution is -2.29. The minimum atomic E-state index is -0.909. The van der Waals surface area contributed by atoms with Gasteiger partial charge in [-0.1, -0.05) is 42.3 Å². The predicted molar refractivity (Wildman–Crippen MR) is 112 cm³/mol. The van der Waals surface area contributed by atoms with Crippen LogP contribution in [0.1, 0.15) is 30.3 Å². The van der Waals surface area contributed by atoms with Crippen LogP contribution in [0, 0.1) is 24.2 Å². The van der Waals surface area contributed by atoms with Gasteiger partial charge in [0.15, 0.2) is 0 Å². The summed E-state index contributed by atoms with van der Waals surface area (Å²) in [6.45, 7) is 0.538. The van der Waals surface area contributed by atoms with Gasteiger partial charge in [-0.2, -0.15) is 0 Å². The highest BCUT2D eigenvalue weighted by Gasteiger charge is 2.31. The molecular weight excluding hydrogens is 362 g/mol. The number of amides is 1. The third-order valence-corrected chi connectivity index (χ3v) is 5.09. The second-order valence-corrected chi connectivity index (χ2v) is 6.84. The van der Waals surface area contributed by atoms with Crippen molar-refractivity contribution in [2.75, 3.05) is 6.54 Å². The molecule has 29 heavy (non-hydrogen) atoms. The van der Waals surface area contributed by atoms with Gasteiger partial charge in [0.1, 0.15) is 5.82 Å². The molecule has 2 heterocycles. The minimum Gasteiger partial charge on any atom is -0.465 e. The molecule has 0 spiro atoms. The van der Waals surface area contributed by atoms with E-state index in [9.17, 15) is 9.90 Å². The molecule has 1 unspecified atom stereocenters. The fourth-order valence-electron chi connectivity index (χ4n) is 3.71. The number of carbonyl (C=O) groups is 1. The van der Waals surface area contributed by atoms with Gasteiger partial charge in [0, 0.05) is 17.7 Å². The Bertz CT molecular complexity index is 1150. The second kappa shape index (κ2) is 7.96. The van der Waals surface area contributed by atoms with Gasteiger partial charge in [0.2, 0.25) is 0 Å². The normalized spacial score (nSPS) is 15.4. The van der Waals surface area contributed by atoms with E-state index in [1.165, 1.54) is 4.90 Å². The SMILES string of the molecule is C#CC#Cc1ccc(-c2cnc(C3CCCN3C(=O)O)[nH]2)cc1-c1ccccc1. The molecule has 1 fully saturated rings. The summed E-state index contributed by atoms with van der Waals surface area (Å²) in [5, 5.41) is 9.39. The maximum absolute atomic E-state index is 11.4. The molecule has 5 heteroatoms. The van der Waals surface area contributed by atoms with Crippen molar-refractivity contribution in [3.05, 3.63) is 66.1 Å².